The third-order valence-corrected chi connectivity index (χ3v) is 2.61. The lowest BCUT2D eigenvalue weighted by atomic mass is 10.3. The highest BCUT2D eigenvalue weighted by Crippen LogP contribution is 2.32. The van der Waals surface area contributed by atoms with E-state index >= 15 is 0 Å². The monoisotopic (exact) mass is 237 g/mol. The number of nitrogens with zero attached hydrogens (tertiary/aromatic N) is 2. The minimum Gasteiger partial charge on any atom is -0.468 e. The van der Waals surface area contributed by atoms with Crippen molar-refractivity contribution in [3.8, 4) is 0 Å². The highest BCUT2D eigenvalue weighted by Gasteiger charge is 2.24. The Kier molecular flexibility index (Phi) is 3.41. The standard InChI is InChI=1S/C11H15N3O3/c1-17-11(16)7-14-6-9(5-12-14)13-10(15)4-8-2-3-8/h5-6,8H,2-4,7H2,1H3,(H,13,15). The number of anilines is 1. The molecule has 1 fully saturated rings. The van der Waals surface area contributed by atoms with E-state index in [9.17, 15) is 9.59 Å². The van der Waals surface area contributed by atoms with Gasteiger partial charge in [0, 0.05) is 12.6 Å². The molecule has 1 saturated carbocycles. The second-order valence-electron chi connectivity index (χ2n) is 4.20. The minimum absolute atomic E-state index is 0.00474. The molecule has 0 radical (unpaired) electrons. The fourth-order valence-corrected chi connectivity index (χ4v) is 1.51. The maximum Gasteiger partial charge on any atom is 0.327 e. The van der Waals surface area contributed by atoms with Crippen LogP contribution in [0.3, 0.4) is 0 Å². The molecule has 92 valence electrons. The zero-order valence-corrected chi connectivity index (χ0v) is 9.68. The topological polar surface area (TPSA) is 73.2 Å². The summed E-state index contributed by atoms with van der Waals surface area (Å²) < 4.78 is 5.95. The number of hydrogen-bond donors (Lipinski definition) is 1. The summed E-state index contributed by atoms with van der Waals surface area (Å²) in [7, 11) is 1.32. The Morgan fingerprint density at radius 2 is 2.35 bits per heavy atom. The molecular formula is C11H15N3O3. The molecule has 0 aliphatic heterocycles. The largest absolute Gasteiger partial charge is 0.468 e. The summed E-state index contributed by atoms with van der Waals surface area (Å²) in [4.78, 5) is 22.5. The summed E-state index contributed by atoms with van der Waals surface area (Å²) in [6.45, 7) is 0.0506. The van der Waals surface area contributed by atoms with Crippen molar-refractivity contribution in [3.63, 3.8) is 0 Å². The third-order valence-electron chi connectivity index (χ3n) is 2.61. The second-order valence-corrected chi connectivity index (χ2v) is 4.20. The molecule has 1 aromatic heterocycles. The Morgan fingerprint density at radius 3 is 3.00 bits per heavy atom. The molecule has 6 heteroatoms. The number of methoxy groups -OCH3 is 1. The number of ether oxygens (including phenoxy) is 1. The van der Waals surface area contributed by atoms with Crippen molar-refractivity contribution in [1.82, 2.24) is 9.78 Å². The van der Waals surface area contributed by atoms with Crippen LogP contribution in [-0.2, 0) is 20.9 Å². The number of amides is 1. The molecule has 0 atom stereocenters. The molecule has 0 unspecified atom stereocenters. The Balaban J connectivity index is 1.84. The van der Waals surface area contributed by atoms with Crippen molar-refractivity contribution in [1.29, 1.82) is 0 Å². The van der Waals surface area contributed by atoms with Crippen molar-refractivity contribution in [2.45, 2.75) is 25.8 Å². The maximum atomic E-state index is 11.5. The molecule has 1 aromatic rings. The van der Waals surface area contributed by atoms with Crippen LogP contribution >= 0.6 is 0 Å². The van der Waals surface area contributed by atoms with Crippen LogP contribution in [0.1, 0.15) is 19.3 Å². The molecule has 0 aromatic carbocycles. The lowest BCUT2D eigenvalue weighted by molar-refractivity contribution is -0.141. The van der Waals surface area contributed by atoms with Crippen LogP contribution in [-0.4, -0.2) is 28.8 Å². The molecule has 0 spiro atoms. The number of rotatable bonds is 5. The zero-order valence-electron chi connectivity index (χ0n) is 9.68. The average molecular weight is 237 g/mol. The van der Waals surface area contributed by atoms with Gasteiger partial charge >= 0.3 is 5.97 Å². The van der Waals surface area contributed by atoms with Gasteiger partial charge in [0.05, 0.1) is 19.0 Å². The van der Waals surface area contributed by atoms with E-state index in [1.54, 1.807) is 6.20 Å². The van der Waals surface area contributed by atoms with Crippen LogP contribution in [0.15, 0.2) is 12.4 Å². The Bertz CT molecular complexity index is 423. The van der Waals surface area contributed by atoms with Crippen LogP contribution in [0.25, 0.3) is 0 Å². The number of esters is 1. The van der Waals surface area contributed by atoms with Gasteiger partial charge in [-0.3, -0.25) is 14.3 Å². The molecule has 1 aliphatic rings. The molecular weight excluding hydrogens is 222 g/mol. The predicted molar refractivity (Wildman–Crippen MR) is 60.2 cm³/mol. The molecule has 1 aliphatic carbocycles. The van der Waals surface area contributed by atoms with Crippen LogP contribution in [0, 0.1) is 5.92 Å². The third kappa shape index (κ3) is 3.58. The van der Waals surface area contributed by atoms with E-state index in [0.29, 0.717) is 18.0 Å². The van der Waals surface area contributed by atoms with Crippen molar-refractivity contribution in [2.75, 3.05) is 12.4 Å². The lowest BCUT2D eigenvalue weighted by Gasteiger charge is -2.00. The summed E-state index contributed by atoms with van der Waals surface area (Å²) in [6, 6.07) is 0. The van der Waals surface area contributed by atoms with Gasteiger partial charge in [-0.15, -0.1) is 0 Å². The van der Waals surface area contributed by atoms with E-state index in [4.69, 9.17) is 0 Å². The van der Waals surface area contributed by atoms with E-state index in [-0.39, 0.29) is 18.4 Å². The van der Waals surface area contributed by atoms with E-state index in [1.165, 1.54) is 18.0 Å². The average Bonchev–Trinajstić information content (AvgIpc) is 2.99. The van der Waals surface area contributed by atoms with Crippen LogP contribution in [0.2, 0.25) is 0 Å². The number of carbonyl (C=O) groups excluding carboxylic acids is 2. The van der Waals surface area contributed by atoms with Crippen LogP contribution in [0.4, 0.5) is 5.69 Å². The molecule has 2 rings (SSSR count). The van der Waals surface area contributed by atoms with E-state index in [0.717, 1.165) is 12.8 Å². The van der Waals surface area contributed by atoms with Crippen molar-refractivity contribution in [2.24, 2.45) is 5.92 Å². The van der Waals surface area contributed by atoms with Gasteiger partial charge in [-0.05, 0) is 18.8 Å². The molecule has 0 bridgehead atoms. The first-order chi connectivity index (χ1) is 8.17. The lowest BCUT2D eigenvalue weighted by Crippen LogP contribution is -2.12. The SMILES string of the molecule is COC(=O)Cn1cc(NC(=O)CC2CC2)cn1. The normalized spacial score (nSPS) is 14.4. The van der Waals surface area contributed by atoms with Gasteiger partial charge in [0.15, 0.2) is 0 Å². The first-order valence-corrected chi connectivity index (χ1v) is 5.56. The summed E-state index contributed by atoms with van der Waals surface area (Å²) in [6.07, 6.45) is 6.00. The molecule has 0 saturated heterocycles. The van der Waals surface area contributed by atoms with Gasteiger partial charge < -0.3 is 10.1 Å². The summed E-state index contributed by atoms with van der Waals surface area (Å²) in [5.74, 6) is 0.189. The summed E-state index contributed by atoms with van der Waals surface area (Å²) in [5, 5.41) is 6.70. The Hall–Kier alpha value is -1.85. The van der Waals surface area contributed by atoms with Gasteiger partial charge in [-0.1, -0.05) is 0 Å². The smallest absolute Gasteiger partial charge is 0.327 e. The molecule has 1 heterocycles. The number of hydrogen-bond acceptors (Lipinski definition) is 4. The predicted octanol–water partition coefficient (Wildman–Crippen LogP) is 0.795. The maximum absolute atomic E-state index is 11.5. The molecule has 6 nitrogen and oxygen atoms in total. The quantitative estimate of drug-likeness (QED) is 0.768. The Morgan fingerprint density at radius 1 is 1.59 bits per heavy atom. The first-order valence-electron chi connectivity index (χ1n) is 5.56. The number of nitrogens with one attached hydrogen (secondary N) is 1. The van der Waals surface area contributed by atoms with Crippen molar-refractivity contribution >= 4 is 17.6 Å². The van der Waals surface area contributed by atoms with Gasteiger partial charge in [-0.25, -0.2) is 0 Å². The zero-order chi connectivity index (χ0) is 12.3. The molecule has 1 amide bonds. The van der Waals surface area contributed by atoms with E-state index in [1.807, 2.05) is 0 Å². The highest BCUT2D eigenvalue weighted by molar-refractivity contribution is 5.90. The van der Waals surface area contributed by atoms with Gasteiger partial charge in [0.1, 0.15) is 6.54 Å². The number of aromatic nitrogens is 2. The Labute approximate surface area is 98.9 Å². The van der Waals surface area contributed by atoms with Gasteiger partial charge in [0.25, 0.3) is 0 Å². The van der Waals surface area contributed by atoms with Crippen LogP contribution < -0.4 is 5.32 Å². The second kappa shape index (κ2) is 4.99. The summed E-state index contributed by atoms with van der Waals surface area (Å²) >= 11 is 0. The fraction of sp³-hybridized carbons (Fsp3) is 0.545. The van der Waals surface area contributed by atoms with E-state index in [2.05, 4.69) is 15.2 Å². The number of carbonyl (C=O) groups is 2. The van der Waals surface area contributed by atoms with E-state index < -0.39 is 0 Å². The van der Waals surface area contributed by atoms with Gasteiger partial charge in [-0.2, -0.15) is 5.10 Å². The molecule has 17 heavy (non-hydrogen) atoms. The van der Waals surface area contributed by atoms with Gasteiger partial charge in [0.2, 0.25) is 5.91 Å². The van der Waals surface area contributed by atoms with Crippen molar-refractivity contribution in [3.05, 3.63) is 12.4 Å². The molecule has 1 N–H and O–H groups in total. The highest BCUT2D eigenvalue weighted by atomic mass is 16.5. The fourth-order valence-electron chi connectivity index (χ4n) is 1.51. The summed E-state index contributed by atoms with van der Waals surface area (Å²) in [5.41, 5.74) is 0.611. The minimum atomic E-state index is -0.371. The van der Waals surface area contributed by atoms with Crippen LogP contribution in [0.5, 0.6) is 0 Å². The first kappa shape index (κ1) is 11.6. The van der Waals surface area contributed by atoms with Crippen molar-refractivity contribution < 1.29 is 14.3 Å².